The van der Waals surface area contributed by atoms with Crippen molar-refractivity contribution in [2.24, 2.45) is 5.92 Å². The summed E-state index contributed by atoms with van der Waals surface area (Å²) in [4.78, 5) is 16.0. The Bertz CT molecular complexity index is 339. The van der Waals surface area contributed by atoms with E-state index in [9.17, 15) is 4.79 Å². The minimum absolute atomic E-state index is 0.00856. The molecule has 0 saturated heterocycles. The number of aromatic nitrogens is 1. The van der Waals surface area contributed by atoms with E-state index in [0.29, 0.717) is 23.7 Å². The summed E-state index contributed by atoms with van der Waals surface area (Å²) in [5.74, 6) is 1.48. The maximum atomic E-state index is 11.8. The quantitative estimate of drug-likeness (QED) is 0.595. The van der Waals surface area contributed by atoms with E-state index in [4.69, 9.17) is 0 Å². The number of ketones is 1. The molecule has 82 valence electrons. The topological polar surface area (TPSA) is 42.0 Å². The van der Waals surface area contributed by atoms with Crippen molar-refractivity contribution < 1.29 is 4.79 Å². The summed E-state index contributed by atoms with van der Waals surface area (Å²) in [6.45, 7) is 4.48. The number of hydrogen-bond donors (Lipinski definition) is 2. The highest BCUT2D eigenvalue weighted by molar-refractivity contribution is 7.80. The molecule has 15 heavy (non-hydrogen) atoms. The molecule has 0 spiro atoms. The predicted octanol–water partition coefficient (Wildman–Crippen LogP) is 2.26. The molecule has 4 heteroatoms. The lowest BCUT2D eigenvalue weighted by Gasteiger charge is -2.10. The van der Waals surface area contributed by atoms with Gasteiger partial charge < -0.3 is 5.32 Å². The highest BCUT2D eigenvalue weighted by Crippen LogP contribution is 2.15. The number of thiol groups is 1. The number of rotatable bonds is 5. The van der Waals surface area contributed by atoms with Crippen LogP contribution in [0.4, 0.5) is 5.82 Å². The van der Waals surface area contributed by atoms with Crippen LogP contribution >= 0.6 is 12.6 Å². The second-order valence-electron chi connectivity index (χ2n) is 3.57. The molecule has 0 saturated carbocycles. The molecule has 0 bridgehead atoms. The summed E-state index contributed by atoms with van der Waals surface area (Å²) < 4.78 is 0. The third-order valence-corrected chi connectivity index (χ3v) is 2.23. The third kappa shape index (κ3) is 3.23. The van der Waals surface area contributed by atoms with Gasteiger partial charge in [0.05, 0.1) is 5.56 Å². The van der Waals surface area contributed by atoms with Gasteiger partial charge in [0.15, 0.2) is 5.78 Å². The molecule has 0 radical (unpaired) electrons. The molecule has 1 rings (SSSR count). The lowest BCUT2D eigenvalue weighted by atomic mass is 10.0. The van der Waals surface area contributed by atoms with E-state index in [-0.39, 0.29) is 11.7 Å². The number of Topliss-reactive ketones (excluding diaryl/α,β-unsaturated/α-hetero) is 1. The average molecular weight is 224 g/mol. The van der Waals surface area contributed by atoms with Crippen LogP contribution in [0.2, 0.25) is 0 Å². The van der Waals surface area contributed by atoms with Gasteiger partial charge in [-0.3, -0.25) is 4.79 Å². The molecule has 1 aromatic rings. The number of carbonyl (C=O) groups excluding carboxylic acids is 1. The van der Waals surface area contributed by atoms with E-state index in [1.165, 1.54) is 0 Å². The molecule has 1 N–H and O–H groups in total. The summed E-state index contributed by atoms with van der Waals surface area (Å²) in [5.41, 5.74) is 0.661. The van der Waals surface area contributed by atoms with Crippen molar-refractivity contribution in [1.82, 2.24) is 4.98 Å². The van der Waals surface area contributed by atoms with Gasteiger partial charge >= 0.3 is 0 Å². The molecule has 0 fully saturated rings. The maximum absolute atomic E-state index is 11.8. The zero-order chi connectivity index (χ0) is 11.3. The third-order valence-electron chi connectivity index (χ3n) is 2.00. The summed E-state index contributed by atoms with van der Waals surface area (Å²) in [5, 5.41) is 3.09. The summed E-state index contributed by atoms with van der Waals surface area (Å²) in [7, 11) is 0. The Balaban J connectivity index is 2.90. The van der Waals surface area contributed by atoms with Gasteiger partial charge in [-0.25, -0.2) is 4.98 Å². The SMILES string of the molecule is CC(C)C(=O)c1cccnc1NCCS. The fraction of sp³-hybridized carbons (Fsp3) is 0.455. The summed E-state index contributed by atoms with van der Waals surface area (Å²) >= 11 is 4.10. The lowest BCUT2D eigenvalue weighted by molar-refractivity contribution is 0.0940. The largest absolute Gasteiger partial charge is 0.369 e. The van der Waals surface area contributed by atoms with Gasteiger partial charge in [-0.05, 0) is 12.1 Å². The number of nitrogens with zero attached hydrogens (tertiary/aromatic N) is 1. The number of nitrogens with one attached hydrogen (secondary N) is 1. The van der Waals surface area contributed by atoms with Crippen LogP contribution < -0.4 is 5.32 Å². The van der Waals surface area contributed by atoms with Crippen molar-refractivity contribution in [2.45, 2.75) is 13.8 Å². The molecule has 1 heterocycles. The van der Waals surface area contributed by atoms with Gasteiger partial charge in [0.25, 0.3) is 0 Å². The first-order valence-electron chi connectivity index (χ1n) is 5.00. The van der Waals surface area contributed by atoms with E-state index >= 15 is 0 Å². The Morgan fingerprint density at radius 3 is 2.93 bits per heavy atom. The van der Waals surface area contributed by atoms with Gasteiger partial charge in [-0.2, -0.15) is 12.6 Å². The number of hydrogen-bond acceptors (Lipinski definition) is 4. The first-order chi connectivity index (χ1) is 7.16. The number of anilines is 1. The van der Waals surface area contributed by atoms with Crippen LogP contribution in [0.1, 0.15) is 24.2 Å². The van der Waals surface area contributed by atoms with Crippen molar-refractivity contribution >= 4 is 24.2 Å². The Kier molecular flexibility index (Phi) is 4.62. The minimum Gasteiger partial charge on any atom is -0.369 e. The number of pyridine rings is 1. The predicted molar refractivity (Wildman–Crippen MR) is 65.7 cm³/mol. The second-order valence-corrected chi connectivity index (χ2v) is 4.02. The zero-order valence-corrected chi connectivity index (χ0v) is 9.92. The van der Waals surface area contributed by atoms with Gasteiger partial charge in [0, 0.05) is 24.4 Å². The van der Waals surface area contributed by atoms with Crippen LogP contribution in [-0.4, -0.2) is 23.1 Å². The monoisotopic (exact) mass is 224 g/mol. The van der Waals surface area contributed by atoms with Crippen molar-refractivity contribution in [2.75, 3.05) is 17.6 Å². The highest BCUT2D eigenvalue weighted by atomic mass is 32.1. The van der Waals surface area contributed by atoms with Crippen LogP contribution in [0, 0.1) is 5.92 Å². The second kappa shape index (κ2) is 5.75. The van der Waals surface area contributed by atoms with E-state index in [1.54, 1.807) is 18.3 Å². The lowest BCUT2D eigenvalue weighted by Crippen LogP contribution is -2.13. The molecule has 0 aliphatic carbocycles. The smallest absolute Gasteiger partial charge is 0.169 e. The van der Waals surface area contributed by atoms with Gasteiger partial charge in [-0.1, -0.05) is 13.8 Å². The van der Waals surface area contributed by atoms with Crippen molar-refractivity contribution in [1.29, 1.82) is 0 Å². The molecule has 0 atom stereocenters. The van der Waals surface area contributed by atoms with Crippen molar-refractivity contribution in [3.63, 3.8) is 0 Å². The van der Waals surface area contributed by atoms with Crippen molar-refractivity contribution in [3.8, 4) is 0 Å². The molecule has 0 aromatic carbocycles. The molecule has 0 aliphatic rings. The summed E-state index contributed by atoms with van der Waals surface area (Å²) in [6.07, 6.45) is 1.68. The Labute approximate surface area is 95.7 Å². The molecule has 0 amide bonds. The standard InChI is InChI=1S/C11H16N2OS/c1-8(2)10(14)9-4-3-5-12-11(9)13-6-7-15/h3-5,8,15H,6-7H2,1-2H3,(H,12,13). The van der Waals surface area contributed by atoms with Gasteiger partial charge in [-0.15, -0.1) is 0 Å². The normalized spacial score (nSPS) is 10.4. The van der Waals surface area contributed by atoms with Gasteiger partial charge in [0.2, 0.25) is 0 Å². The number of carbonyl (C=O) groups is 1. The minimum atomic E-state index is -0.00856. The average Bonchev–Trinajstić information content (AvgIpc) is 2.25. The van der Waals surface area contributed by atoms with E-state index in [0.717, 1.165) is 0 Å². The summed E-state index contributed by atoms with van der Waals surface area (Å²) in [6, 6.07) is 3.58. The van der Waals surface area contributed by atoms with E-state index < -0.39 is 0 Å². The molecule has 0 unspecified atom stereocenters. The molecular formula is C11H16N2OS. The van der Waals surface area contributed by atoms with E-state index in [1.807, 2.05) is 13.8 Å². The van der Waals surface area contributed by atoms with E-state index in [2.05, 4.69) is 22.9 Å². The first-order valence-corrected chi connectivity index (χ1v) is 5.64. The fourth-order valence-electron chi connectivity index (χ4n) is 1.23. The fourth-order valence-corrected chi connectivity index (χ4v) is 1.34. The first kappa shape index (κ1) is 12.0. The van der Waals surface area contributed by atoms with Crippen LogP contribution in [0.5, 0.6) is 0 Å². The van der Waals surface area contributed by atoms with Crippen LogP contribution in [-0.2, 0) is 0 Å². The van der Waals surface area contributed by atoms with Crippen LogP contribution in [0.25, 0.3) is 0 Å². The highest BCUT2D eigenvalue weighted by Gasteiger charge is 2.14. The van der Waals surface area contributed by atoms with Crippen LogP contribution in [0.3, 0.4) is 0 Å². The Morgan fingerprint density at radius 2 is 2.33 bits per heavy atom. The molecule has 3 nitrogen and oxygen atoms in total. The molecular weight excluding hydrogens is 208 g/mol. The Morgan fingerprint density at radius 1 is 1.60 bits per heavy atom. The van der Waals surface area contributed by atoms with Gasteiger partial charge in [0.1, 0.15) is 5.82 Å². The molecule has 0 aliphatic heterocycles. The molecule has 1 aromatic heterocycles. The van der Waals surface area contributed by atoms with Crippen LogP contribution in [0.15, 0.2) is 18.3 Å². The van der Waals surface area contributed by atoms with Crippen molar-refractivity contribution in [3.05, 3.63) is 23.9 Å². The zero-order valence-electron chi connectivity index (χ0n) is 9.03. The maximum Gasteiger partial charge on any atom is 0.169 e. The Hall–Kier alpha value is -1.03.